The van der Waals surface area contributed by atoms with E-state index in [4.69, 9.17) is 0 Å². The Hall–Kier alpha value is -2.23. The van der Waals surface area contributed by atoms with Crippen molar-refractivity contribution in [3.8, 4) is 10.6 Å². The van der Waals surface area contributed by atoms with Crippen molar-refractivity contribution < 1.29 is 14.0 Å². The zero-order chi connectivity index (χ0) is 19.2. The monoisotopic (exact) mass is 421 g/mol. The number of thiophene rings is 1. The van der Waals surface area contributed by atoms with E-state index in [0.29, 0.717) is 5.13 Å². The molecule has 1 aromatic carbocycles. The van der Waals surface area contributed by atoms with E-state index in [1.54, 1.807) is 23.5 Å². The highest BCUT2D eigenvalue weighted by atomic mass is 32.2. The molecule has 0 saturated heterocycles. The molecule has 2 heterocycles. The SMILES string of the molecule is Cc1ccc(-c2csc(NC(=O)CSCC(=O)Nc3ccccc3F)n2)s1. The number of halogens is 1. The van der Waals surface area contributed by atoms with Crippen LogP contribution in [0.5, 0.6) is 0 Å². The highest BCUT2D eigenvalue weighted by molar-refractivity contribution is 8.00. The van der Waals surface area contributed by atoms with Crippen molar-refractivity contribution in [1.29, 1.82) is 0 Å². The van der Waals surface area contributed by atoms with Crippen LogP contribution < -0.4 is 10.6 Å². The number of carbonyl (C=O) groups excluding carboxylic acids is 2. The minimum Gasteiger partial charge on any atom is -0.323 e. The summed E-state index contributed by atoms with van der Waals surface area (Å²) in [4.78, 5) is 30.5. The van der Waals surface area contributed by atoms with Crippen LogP contribution in [0.1, 0.15) is 4.88 Å². The number of para-hydroxylation sites is 1. The lowest BCUT2D eigenvalue weighted by atomic mass is 10.3. The van der Waals surface area contributed by atoms with E-state index in [1.165, 1.54) is 28.3 Å². The highest BCUT2D eigenvalue weighted by Crippen LogP contribution is 2.30. The van der Waals surface area contributed by atoms with Gasteiger partial charge >= 0.3 is 0 Å². The molecular formula is C18H16FN3O2S3. The fraction of sp³-hybridized carbons (Fsp3) is 0.167. The van der Waals surface area contributed by atoms with Crippen LogP contribution in [-0.2, 0) is 9.59 Å². The number of aromatic nitrogens is 1. The molecule has 0 atom stereocenters. The first-order chi connectivity index (χ1) is 13.0. The summed E-state index contributed by atoms with van der Waals surface area (Å²) in [5.41, 5.74) is 0.969. The van der Waals surface area contributed by atoms with Crippen LogP contribution in [0.3, 0.4) is 0 Å². The van der Waals surface area contributed by atoms with Gasteiger partial charge in [-0.3, -0.25) is 9.59 Å². The number of anilines is 2. The number of hydrogen-bond acceptors (Lipinski definition) is 6. The van der Waals surface area contributed by atoms with Crippen LogP contribution in [0.25, 0.3) is 10.6 Å². The van der Waals surface area contributed by atoms with Gasteiger partial charge in [0.15, 0.2) is 5.13 Å². The van der Waals surface area contributed by atoms with E-state index in [2.05, 4.69) is 15.6 Å². The first-order valence-corrected chi connectivity index (χ1v) is 10.8. The van der Waals surface area contributed by atoms with Gasteiger partial charge in [-0.2, -0.15) is 0 Å². The van der Waals surface area contributed by atoms with Crippen molar-refractivity contribution in [3.63, 3.8) is 0 Å². The average Bonchev–Trinajstić information content (AvgIpc) is 3.26. The molecule has 0 bridgehead atoms. The number of thiazole rings is 1. The van der Waals surface area contributed by atoms with Gasteiger partial charge in [-0.15, -0.1) is 34.4 Å². The Morgan fingerprint density at radius 2 is 1.85 bits per heavy atom. The standard InChI is InChI=1S/C18H16FN3O2S3/c1-11-6-7-15(27-11)14-8-26-18(21-14)22-17(24)10-25-9-16(23)20-13-5-3-2-4-12(13)19/h2-8H,9-10H2,1H3,(H,20,23)(H,21,22,24). The Bertz CT molecular complexity index is 955. The fourth-order valence-corrected chi connectivity index (χ4v) is 4.40. The first-order valence-electron chi connectivity index (χ1n) is 7.95. The van der Waals surface area contributed by atoms with Crippen LogP contribution in [0.2, 0.25) is 0 Å². The average molecular weight is 422 g/mol. The van der Waals surface area contributed by atoms with Crippen molar-refractivity contribution in [1.82, 2.24) is 4.98 Å². The van der Waals surface area contributed by atoms with Gasteiger partial charge in [0.1, 0.15) is 5.82 Å². The number of rotatable bonds is 7. The molecule has 0 aliphatic rings. The van der Waals surface area contributed by atoms with Crippen LogP contribution in [-0.4, -0.2) is 28.3 Å². The second-order valence-corrected chi connectivity index (χ2v) is 8.65. The third-order valence-electron chi connectivity index (χ3n) is 3.36. The molecule has 0 saturated carbocycles. The minimum atomic E-state index is -0.492. The van der Waals surface area contributed by atoms with E-state index in [-0.39, 0.29) is 29.0 Å². The fourth-order valence-electron chi connectivity index (χ4n) is 2.16. The second kappa shape index (κ2) is 9.12. The zero-order valence-corrected chi connectivity index (χ0v) is 16.8. The Labute approximate surface area is 168 Å². The Kier molecular flexibility index (Phi) is 6.59. The molecule has 0 radical (unpaired) electrons. The summed E-state index contributed by atoms with van der Waals surface area (Å²) < 4.78 is 13.5. The van der Waals surface area contributed by atoms with Gasteiger partial charge < -0.3 is 10.6 Å². The molecule has 2 amide bonds. The highest BCUT2D eigenvalue weighted by Gasteiger charge is 2.11. The van der Waals surface area contributed by atoms with Gasteiger partial charge in [0.25, 0.3) is 0 Å². The molecule has 0 aliphatic heterocycles. The summed E-state index contributed by atoms with van der Waals surface area (Å²) in [7, 11) is 0. The van der Waals surface area contributed by atoms with Crippen molar-refractivity contribution in [2.24, 2.45) is 0 Å². The molecule has 140 valence electrons. The zero-order valence-electron chi connectivity index (χ0n) is 14.3. The maximum Gasteiger partial charge on any atom is 0.236 e. The van der Waals surface area contributed by atoms with Crippen molar-refractivity contribution in [2.75, 3.05) is 22.1 Å². The molecule has 3 aromatic rings. The molecular weight excluding hydrogens is 405 g/mol. The molecule has 0 fully saturated rings. The lowest BCUT2D eigenvalue weighted by Crippen LogP contribution is -2.18. The number of carbonyl (C=O) groups is 2. The predicted molar refractivity (Wildman–Crippen MR) is 111 cm³/mol. The number of amides is 2. The molecule has 27 heavy (non-hydrogen) atoms. The third-order valence-corrected chi connectivity index (χ3v) is 6.07. The minimum absolute atomic E-state index is 0.0549. The van der Waals surface area contributed by atoms with Gasteiger partial charge in [0, 0.05) is 10.3 Å². The lowest BCUT2D eigenvalue weighted by Gasteiger charge is -2.06. The number of nitrogens with zero attached hydrogens (tertiary/aromatic N) is 1. The van der Waals surface area contributed by atoms with Crippen LogP contribution >= 0.6 is 34.4 Å². The summed E-state index contributed by atoms with van der Waals surface area (Å²) in [6, 6.07) is 9.98. The molecule has 9 heteroatoms. The van der Waals surface area contributed by atoms with E-state index >= 15 is 0 Å². The maximum atomic E-state index is 13.5. The largest absolute Gasteiger partial charge is 0.323 e. The molecule has 2 N–H and O–H groups in total. The first kappa shape index (κ1) is 19.5. The molecule has 5 nitrogen and oxygen atoms in total. The van der Waals surface area contributed by atoms with E-state index in [1.807, 2.05) is 24.4 Å². The van der Waals surface area contributed by atoms with Crippen LogP contribution in [0.15, 0.2) is 41.8 Å². The van der Waals surface area contributed by atoms with E-state index in [9.17, 15) is 14.0 Å². The molecule has 0 aliphatic carbocycles. The summed E-state index contributed by atoms with van der Waals surface area (Å²) in [6.07, 6.45) is 0. The number of hydrogen-bond donors (Lipinski definition) is 2. The van der Waals surface area contributed by atoms with Crippen molar-refractivity contribution in [3.05, 3.63) is 52.5 Å². The van der Waals surface area contributed by atoms with Gasteiger partial charge in [-0.25, -0.2) is 9.37 Å². The number of aryl methyl sites for hydroxylation is 1. The summed E-state index contributed by atoms with van der Waals surface area (Å²) in [5, 5.41) is 7.64. The third kappa shape index (κ3) is 5.62. The van der Waals surface area contributed by atoms with Crippen molar-refractivity contribution >= 4 is 57.1 Å². The molecule has 3 rings (SSSR count). The predicted octanol–water partition coefficient (Wildman–Crippen LogP) is 4.63. The number of nitrogens with one attached hydrogen (secondary N) is 2. The Morgan fingerprint density at radius 3 is 2.56 bits per heavy atom. The van der Waals surface area contributed by atoms with Gasteiger partial charge in [-0.1, -0.05) is 12.1 Å². The van der Waals surface area contributed by atoms with Crippen LogP contribution in [0.4, 0.5) is 15.2 Å². The summed E-state index contributed by atoms with van der Waals surface area (Å²) in [5.74, 6) is -0.921. The smallest absolute Gasteiger partial charge is 0.236 e. The van der Waals surface area contributed by atoms with Gasteiger partial charge in [0.05, 0.1) is 27.8 Å². The van der Waals surface area contributed by atoms with Crippen LogP contribution in [0, 0.1) is 12.7 Å². The van der Waals surface area contributed by atoms with Gasteiger partial charge in [0.2, 0.25) is 11.8 Å². The quantitative estimate of drug-likeness (QED) is 0.584. The van der Waals surface area contributed by atoms with Gasteiger partial charge in [-0.05, 0) is 31.2 Å². The Balaban J connectivity index is 1.43. The number of thioether (sulfide) groups is 1. The maximum absolute atomic E-state index is 13.5. The Morgan fingerprint density at radius 1 is 1.11 bits per heavy atom. The second-order valence-electron chi connectivity index (χ2n) is 5.52. The molecule has 0 spiro atoms. The van der Waals surface area contributed by atoms with E-state index in [0.717, 1.165) is 22.3 Å². The summed E-state index contributed by atoms with van der Waals surface area (Å²) >= 11 is 4.16. The lowest BCUT2D eigenvalue weighted by molar-refractivity contribution is -0.114. The number of benzene rings is 1. The van der Waals surface area contributed by atoms with Crippen molar-refractivity contribution in [2.45, 2.75) is 6.92 Å². The summed E-state index contributed by atoms with van der Waals surface area (Å²) in [6.45, 7) is 2.03. The molecule has 0 unspecified atom stereocenters. The topological polar surface area (TPSA) is 71.1 Å². The normalized spacial score (nSPS) is 10.6. The van der Waals surface area contributed by atoms with E-state index < -0.39 is 5.82 Å². The molecule has 2 aromatic heterocycles.